The molecule has 0 bridgehead atoms. The summed E-state index contributed by atoms with van der Waals surface area (Å²) in [7, 11) is -3.41. The zero-order chi connectivity index (χ0) is 14.8. The Bertz CT molecular complexity index is 690. The molecule has 3 N–H and O–H groups in total. The van der Waals surface area contributed by atoms with Crippen LogP contribution < -0.4 is 11.1 Å². The summed E-state index contributed by atoms with van der Waals surface area (Å²) in [6.45, 7) is 4.66. The molecule has 2 aromatic heterocycles. The van der Waals surface area contributed by atoms with Crippen LogP contribution >= 0.6 is 11.5 Å². The number of nitrogens with two attached hydrogens (primary N) is 1. The Kier molecular flexibility index (Phi) is 4.23. The van der Waals surface area contributed by atoms with E-state index in [1.807, 2.05) is 11.5 Å². The molecule has 0 aliphatic heterocycles. The summed E-state index contributed by atoms with van der Waals surface area (Å²) in [5.41, 5.74) is 5.66. The lowest BCUT2D eigenvalue weighted by molar-refractivity contribution is 0.598. The van der Waals surface area contributed by atoms with E-state index in [1.165, 1.54) is 0 Å². The standard InChI is InChI=1S/C10H16N6O2S2/c1-3-16-6-13-14-7(16)5-12-10-8(9(11)15-19-10)20(17,18)4-2/h6,12H,3-5H2,1-2H3,(H2,11,15). The number of nitrogens with one attached hydrogen (secondary N) is 1. The molecule has 2 heterocycles. The maximum atomic E-state index is 12.0. The van der Waals surface area contributed by atoms with Gasteiger partial charge in [-0.1, -0.05) is 6.92 Å². The monoisotopic (exact) mass is 316 g/mol. The Labute approximate surface area is 121 Å². The van der Waals surface area contributed by atoms with Gasteiger partial charge in [0.1, 0.15) is 16.2 Å². The first-order valence-corrected chi connectivity index (χ1v) is 8.50. The van der Waals surface area contributed by atoms with Crippen molar-refractivity contribution >= 4 is 32.2 Å². The summed E-state index contributed by atoms with van der Waals surface area (Å²) in [4.78, 5) is 0.0764. The predicted octanol–water partition coefficient (Wildman–Crippen LogP) is 0.742. The third-order valence-corrected chi connectivity index (χ3v) is 5.55. The third kappa shape index (κ3) is 2.75. The molecule has 0 amide bonds. The van der Waals surface area contributed by atoms with Crippen LogP contribution in [0.15, 0.2) is 11.2 Å². The van der Waals surface area contributed by atoms with E-state index in [0.29, 0.717) is 11.5 Å². The number of sulfone groups is 1. The van der Waals surface area contributed by atoms with Crippen molar-refractivity contribution in [2.24, 2.45) is 0 Å². The molecule has 110 valence electrons. The van der Waals surface area contributed by atoms with Gasteiger partial charge in [0.15, 0.2) is 21.5 Å². The first kappa shape index (κ1) is 14.7. The van der Waals surface area contributed by atoms with Crippen molar-refractivity contribution in [3.8, 4) is 0 Å². The molecule has 0 aliphatic rings. The van der Waals surface area contributed by atoms with Gasteiger partial charge in [-0.3, -0.25) is 0 Å². The summed E-state index contributed by atoms with van der Waals surface area (Å²) >= 11 is 1.03. The van der Waals surface area contributed by atoms with Crippen molar-refractivity contribution in [1.29, 1.82) is 0 Å². The largest absolute Gasteiger partial charge is 0.382 e. The molecule has 20 heavy (non-hydrogen) atoms. The van der Waals surface area contributed by atoms with Gasteiger partial charge in [0.05, 0.1) is 12.3 Å². The van der Waals surface area contributed by atoms with Crippen LogP contribution in [0.4, 0.5) is 10.8 Å². The van der Waals surface area contributed by atoms with Gasteiger partial charge in [0.2, 0.25) is 0 Å². The number of aromatic nitrogens is 4. The molecule has 2 aromatic rings. The molecule has 0 spiro atoms. The van der Waals surface area contributed by atoms with Gasteiger partial charge in [-0.2, -0.15) is 4.37 Å². The fraction of sp³-hybridized carbons (Fsp3) is 0.500. The number of nitrogen functional groups attached to an aromatic ring is 1. The van der Waals surface area contributed by atoms with Crippen molar-refractivity contribution in [2.75, 3.05) is 16.8 Å². The van der Waals surface area contributed by atoms with Crippen LogP contribution in [0.2, 0.25) is 0 Å². The number of anilines is 2. The highest BCUT2D eigenvalue weighted by molar-refractivity contribution is 7.91. The molecule has 0 saturated carbocycles. The summed E-state index contributed by atoms with van der Waals surface area (Å²) in [5, 5.41) is 11.3. The van der Waals surface area contributed by atoms with E-state index in [2.05, 4.69) is 19.9 Å². The summed E-state index contributed by atoms with van der Waals surface area (Å²) < 4.78 is 29.8. The maximum absolute atomic E-state index is 12.0. The minimum atomic E-state index is -3.41. The Morgan fingerprint density at radius 1 is 1.45 bits per heavy atom. The molecule has 0 radical (unpaired) electrons. The molecule has 0 aliphatic carbocycles. The van der Waals surface area contributed by atoms with Crippen LogP contribution in [0.3, 0.4) is 0 Å². The Hall–Kier alpha value is -1.68. The van der Waals surface area contributed by atoms with E-state index in [-0.39, 0.29) is 16.5 Å². The van der Waals surface area contributed by atoms with Crippen LogP contribution in [-0.4, -0.2) is 33.3 Å². The Morgan fingerprint density at radius 2 is 2.20 bits per heavy atom. The van der Waals surface area contributed by atoms with Gasteiger partial charge in [-0.15, -0.1) is 10.2 Å². The zero-order valence-electron chi connectivity index (χ0n) is 11.2. The normalized spacial score (nSPS) is 11.7. The summed E-state index contributed by atoms with van der Waals surface area (Å²) in [6, 6.07) is 0. The van der Waals surface area contributed by atoms with E-state index in [9.17, 15) is 8.42 Å². The lowest BCUT2D eigenvalue weighted by atomic mass is 10.5. The van der Waals surface area contributed by atoms with Crippen LogP contribution in [0.25, 0.3) is 0 Å². The zero-order valence-corrected chi connectivity index (χ0v) is 12.8. The fourth-order valence-electron chi connectivity index (χ4n) is 1.69. The highest BCUT2D eigenvalue weighted by Gasteiger charge is 2.24. The SMILES string of the molecule is CCn1cnnc1CNc1snc(N)c1S(=O)(=O)CC. The molecule has 0 atom stereocenters. The van der Waals surface area contributed by atoms with E-state index >= 15 is 0 Å². The first-order chi connectivity index (χ1) is 9.49. The maximum Gasteiger partial charge on any atom is 0.184 e. The third-order valence-electron chi connectivity index (χ3n) is 2.81. The molecular weight excluding hydrogens is 300 g/mol. The summed E-state index contributed by atoms with van der Waals surface area (Å²) in [5.74, 6) is 0.741. The van der Waals surface area contributed by atoms with Crippen molar-refractivity contribution in [2.45, 2.75) is 31.8 Å². The quantitative estimate of drug-likeness (QED) is 0.807. The van der Waals surface area contributed by atoms with Crippen molar-refractivity contribution in [1.82, 2.24) is 19.1 Å². The molecule has 2 rings (SSSR count). The molecule has 8 nitrogen and oxygen atoms in total. The minimum Gasteiger partial charge on any atom is -0.382 e. The molecule has 0 aromatic carbocycles. The van der Waals surface area contributed by atoms with Crippen molar-refractivity contribution in [3.63, 3.8) is 0 Å². The van der Waals surface area contributed by atoms with E-state index in [1.54, 1.807) is 13.3 Å². The molecule has 0 saturated heterocycles. The first-order valence-electron chi connectivity index (χ1n) is 6.08. The van der Waals surface area contributed by atoms with Gasteiger partial charge in [0, 0.05) is 6.54 Å². The van der Waals surface area contributed by atoms with Crippen molar-refractivity contribution < 1.29 is 8.42 Å². The Balaban J connectivity index is 2.23. The second-order valence-electron chi connectivity index (χ2n) is 4.02. The second-order valence-corrected chi connectivity index (χ2v) is 7.00. The molecule has 0 fully saturated rings. The molecular formula is C10H16N6O2S2. The van der Waals surface area contributed by atoms with Gasteiger partial charge in [-0.05, 0) is 18.5 Å². The number of hydrogen-bond donors (Lipinski definition) is 2. The number of nitrogens with zero attached hydrogens (tertiary/aromatic N) is 4. The minimum absolute atomic E-state index is 0.0184. The Morgan fingerprint density at radius 3 is 2.85 bits per heavy atom. The predicted molar refractivity (Wildman–Crippen MR) is 77.3 cm³/mol. The van der Waals surface area contributed by atoms with Crippen LogP contribution in [0.5, 0.6) is 0 Å². The molecule has 0 unspecified atom stereocenters. The number of rotatable bonds is 6. The number of aryl methyl sites for hydroxylation is 1. The van der Waals surface area contributed by atoms with Gasteiger partial charge in [-0.25, -0.2) is 8.42 Å². The smallest absolute Gasteiger partial charge is 0.184 e. The second kappa shape index (κ2) is 5.75. The average Bonchev–Trinajstić information content (AvgIpc) is 3.02. The summed E-state index contributed by atoms with van der Waals surface area (Å²) in [6.07, 6.45) is 1.63. The highest BCUT2D eigenvalue weighted by Crippen LogP contribution is 2.32. The fourth-order valence-corrected chi connectivity index (χ4v) is 3.85. The topological polar surface area (TPSA) is 116 Å². The van der Waals surface area contributed by atoms with Gasteiger partial charge < -0.3 is 15.6 Å². The van der Waals surface area contributed by atoms with Gasteiger partial charge >= 0.3 is 0 Å². The van der Waals surface area contributed by atoms with Crippen molar-refractivity contribution in [3.05, 3.63) is 12.2 Å². The van der Waals surface area contributed by atoms with E-state index in [4.69, 9.17) is 5.73 Å². The van der Waals surface area contributed by atoms with Crippen LogP contribution in [0.1, 0.15) is 19.7 Å². The molecule has 10 heteroatoms. The van der Waals surface area contributed by atoms with E-state index in [0.717, 1.165) is 23.9 Å². The van der Waals surface area contributed by atoms with E-state index < -0.39 is 9.84 Å². The van der Waals surface area contributed by atoms with Gasteiger partial charge in [0.25, 0.3) is 0 Å². The lowest BCUT2D eigenvalue weighted by Crippen LogP contribution is -2.11. The lowest BCUT2D eigenvalue weighted by Gasteiger charge is -2.07. The highest BCUT2D eigenvalue weighted by atomic mass is 32.2. The number of hydrogen-bond acceptors (Lipinski definition) is 8. The van der Waals surface area contributed by atoms with Crippen LogP contribution in [-0.2, 0) is 22.9 Å². The van der Waals surface area contributed by atoms with Crippen LogP contribution in [0, 0.1) is 0 Å². The average molecular weight is 316 g/mol.